The molecule has 2 N–H and O–H groups in total. The first-order chi connectivity index (χ1) is 11.5. The van der Waals surface area contributed by atoms with Crippen LogP contribution in [0.5, 0.6) is 0 Å². The lowest BCUT2D eigenvalue weighted by atomic mass is 9.94. The second kappa shape index (κ2) is 7.55. The molecule has 25 heavy (non-hydrogen) atoms. The van der Waals surface area contributed by atoms with Gasteiger partial charge in [0.2, 0.25) is 12.1 Å². The summed E-state index contributed by atoms with van der Waals surface area (Å²) in [4.78, 5) is 23.4. The van der Waals surface area contributed by atoms with Crippen LogP contribution >= 0.6 is 0 Å². The van der Waals surface area contributed by atoms with Gasteiger partial charge in [0.1, 0.15) is 0 Å². The molecule has 0 aliphatic carbocycles. The molecular weight excluding hydrogens is 349 g/mol. The standard InChI is InChI=1S/C14H17F3N2O6/c1-5-24-11(20)9-6-8(10(25-9)18-7-19(2)3)13(22,12(21)23-4)14(15,16)17/h6-7,22H,5H2,1-4H3/p+1/t13-/m1/s1. The topological polar surface area (TPSA) is 101 Å². The molecule has 11 heteroatoms. The summed E-state index contributed by atoms with van der Waals surface area (Å²) in [5.41, 5.74) is -5.08. The SMILES string of the molecule is CCOC(=O)c1cc([C@@](O)(C(=O)OC)C(F)(F)F)c(NC=[N+](C)C)o1. The number of aliphatic hydroxyl groups is 1. The van der Waals surface area contributed by atoms with Crippen molar-refractivity contribution in [3.63, 3.8) is 0 Å². The molecule has 0 saturated heterocycles. The average Bonchev–Trinajstić information content (AvgIpc) is 2.95. The summed E-state index contributed by atoms with van der Waals surface area (Å²) in [6.07, 6.45) is -4.25. The Labute approximate surface area is 140 Å². The van der Waals surface area contributed by atoms with Gasteiger partial charge in [0, 0.05) is 6.07 Å². The van der Waals surface area contributed by atoms with Crippen LogP contribution in [0.25, 0.3) is 0 Å². The van der Waals surface area contributed by atoms with Crippen LogP contribution in [0.1, 0.15) is 23.0 Å². The molecule has 1 rings (SSSR count). The number of carbonyl (C=O) groups excluding carboxylic acids is 2. The molecule has 0 aliphatic heterocycles. The second-order valence-electron chi connectivity index (χ2n) is 5.01. The van der Waals surface area contributed by atoms with E-state index in [9.17, 15) is 27.9 Å². The minimum atomic E-state index is -5.44. The molecular formula is C14H18F3N2O6+. The lowest BCUT2D eigenvalue weighted by Crippen LogP contribution is -2.50. The maximum atomic E-state index is 13.4. The molecule has 1 aromatic rings. The molecule has 8 nitrogen and oxygen atoms in total. The van der Waals surface area contributed by atoms with Crippen molar-refractivity contribution in [1.82, 2.24) is 0 Å². The highest BCUT2D eigenvalue weighted by Gasteiger charge is 2.64. The predicted octanol–water partition coefficient (Wildman–Crippen LogP) is 1.09. The van der Waals surface area contributed by atoms with E-state index in [2.05, 4.69) is 14.8 Å². The fourth-order valence-electron chi connectivity index (χ4n) is 1.78. The van der Waals surface area contributed by atoms with Crippen LogP contribution in [0.2, 0.25) is 0 Å². The summed E-state index contributed by atoms with van der Waals surface area (Å²) in [6, 6.07) is 0.578. The Morgan fingerprint density at radius 3 is 2.44 bits per heavy atom. The number of halogens is 3. The summed E-state index contributed by atoms with van der Waals surface area (Å²) >= 11 is 0. The largest absolute Gasteiger partial charge is 0.466 e. The number of hydrogen-bond donors (Lipinski definition) is 2. The predicted molar refractivity (Wildman–Crippen MR) is 78.4 cm³/mol. The molecule has 0 radical (unpaired) electrons. The van der Waals surface area contributed by atoms with Gasteiger partial charge in [-0.25, -0.2) is 14.9 Å². The van der Waals surface area contributed by atoms with E-state index in [1.807, 2.05) is 0 Å². The van der Waals surface area contributed by atoms with Gasteiger partial charge < -0.3 is 19.0 Å². The van der Waals surface area contributed by atoms with E-state index >= 15 is 0 Å². The van der Waals surface area contributed by atoms with Gasteiger partial charge in [-0.15, -0.1) is 0 Å². The van der Waals surface area contributed by atoms with Gasteiger partial charge >= 0.3 is 18.1 Å². The van der Waals surface area contributed by atoms with Crippen LogP contribution in [-0.2, 0) is 19.9 Å². The van der Waals surface area contributed by atoms with E-state index in [-0.39, 0.29) is 6.61 Å². The molecule has 0 unspecified atom stereocenters. The van der Waals surface area contributed by atoms with Crippen molar-refractivity contribution in [2.45, 2.75) is 18.7 Å². The van der Waals surface area contributed by atoms with Crippen molar-refractivity contribution in [1.29, 1.82) is 0 Å². The zero-order valence-electron chi connectivity index (χ0n) is 13.9. The van der Waals surface area contributed by atoms with Gasteiger partial charge in [-0.05, 0) is 6.92 Å². The quantitative estimate of drug-likeness (QED) is 0.336. The Bertz CT molecular complexity index is 679. The van der Waals surface area contributed by atoms with E-state index < -0.39 is 40.9 Å². The van der Waals surface area contributed by atoms with Gasteiger partial charge in [0.15, 0.2) is 0 Å². The van der Waals surface area contributed by atoms with Gasteiger partial charge in [0.05, 0.1) is 33.4 Å². The van der Waals surface area contributed by atoms with E-state index in [1.165, 1.54) is 17.8 Å². The van der Waals surface area contributed by atoms with Gasteiger partial charge in [-0.2, -0.15) is 13.2 Å². The molecule has 0 bridgehead atoms. The van der Waals surface area contributed by atoms with E-state index in [0.717, 1.165) is 0 Å². The highest BCUT2D eigenvalue weighted by Crippen LogP contribution is 2.44. The Balaban J connectivity index is 3.59. The fourth-order valence-corrected chi connectivity index (χ4v) is 1.78. The van der Waals surface area contributed by atoms with Crippen molar-refractivity contribution < 1.29 is 46.3 Å². The monoisotopic (exact) mass is 367 g/mol. The van der Waals surface area contributed by atoms with Crippen molar-refractivity contribution in [2.24, 2.45) is 0 Å². The molecule has 140 valence electrons. The summed E-state index contributed by atoms with van der Waals surface area (Å²) in [5, 5.41) is 12.4. The number of ether oxygens (including phenoxy) is 2. The third kappa shape index (κ3) is 4.10. The lowest BCUT2D eigenvalue weighted by Gasteiger charge is -2.26. The number of nitrogens with zero attached hydrogens (tertiary/aromatic N) is 1. The van der Waals surface area contributed by atoms with Crippen LogP contribution < -0.4 is 5.32 Å². The van der Waals surface area contributed by atoms with Crippen LogP contribution in [0, 0.1) is 0 Å². The van der Waals surface area contributed by atoms with Crippen LogP contribution in [0.15, 0.2) is 10.5 Å². The van der Waals surface area contributed by atoms with Crippen LogP contribution in [0.4, 0.5) is 19.1 Å². The number of carbonyl (C=O) groups is 2. The molecule has 0 aliphatic rings. The molecule has 0 fully saturated rings. The highest BCUT2D eigenvalue weighted by atomic mass is 19.4. The first kappa shape index (κ1) is 20.5. The van der Waals surface area contributed by atoms with Crippen molar-refractivity contribution >= 4 is 24.2 Å². The van der Waals surface area contributed by atoms with Crippen molar-refractivity contribution in [2.75, 3.05) is 33.1 Å². The van der Waals surface area contributed by atoms with Gasteiger partial charge in [-0.3, -0.25) is 4.58 Å². The van der Waals surface area contributed by atoms with Gasteiger partial charge in [-0.1, -0.05) is 0 Å². The first-order valence-corrected chi connectivity index (χ1v) is 6.94. The van der Waals surface area contributed by atoms with Crippen LogP contribution in [0.3, 0.4) is 0 Å². The summed E-state index contributed by atoms with van der Waals surface area (Å²) in [5.74, 6) is -4.33. The minimum Gasteiger partial charge on any atom is -0.466 e. The maximum Gasteiger partial charge on any atom is 0.432 e. The number of alkyl halides is 3. The maximum absolute atomic E-state index is 13.4. The summed E-state index contributed by atoms with van der Waals surface area (Å²) in [6.45, 7) is 1.43. The van der Waals surface area contributed by atoms with E-state index in [4.69, 9.17) is 4.42 Å². The number of hydrogen-bond acceptors (Lipinski definition) is 6. The molecule has 0 saturated carbocycles. The Morgan fingerprint density at radius 2 is 2.00 bits per heavy atom. The third-order valence-corrected chi connectivity index (χ3v) is 2.94. The normalized spacial score (nSPS) is 13.6. The fraction of sp³-hybridized carbons (Fsp3) is 0.500. The zero-order chi connectivity index (χ0) is 19.4. The molecule has 1 aromatic heterocycles. The summed E-state index contributed by atoms with van der Waals surface area (Å²) < 4.78 is 55.4. The lowest BCUT2D eigenvalue weighted by molar-refractivity contribution is -0.459. The smallest absolute Gasteiger partial charge is 0.432 e. The first-order valence-electron chi connectivity index (χ1n) is 6.94. The number of furan rings is 1. The van der Waals surface area contributed by atoms with E-state index in [0.29, 0.717) is 13.2 Å². The molecule has 1 heterocycles. The minimum absolute atomic E-state index is 0.0536. The molecule has 0 spiro atoms. The van der Waals surface area contributed by atoms with Crippen molar-refractivity contribution in [3.05, 3.63) is 17.4 Å². The molecule has 1 atom stereocenters. The van der Waals surface area contributed by atoms with Crippen LogP contribution in [-0.4, -0.2) is 61.9 Å². The van der Waals surface area contributed by atoms with Crippen molar-refractivity contribution in [3.8, 4) is 0 Å². The third-order valence-electron chi connectivity index (χ3n) is 2.94. The van der Waals surface area contributed by atoms with Gasteiger partial charge in [0.25, 0.3) is 11.5 Å². The molecule has 0 amide bonds. The number of nitrogens with one attached hydrogen (secondary N) is 1. The highest BCUT2D eigenvalue weighted by molar-refractivity contribution is 5.91. The Hall–Kier alpha value is -2.56. The second-order valence-corrected chi connectivity index (χ2v) is 5.01. The molecule has 0 aromatic carbocycles. The summed E-state index contributed by atoms with van der Waals surface area (Å²) in [7, 11) is 3.79. The number of rotatable bonds is 6. The zero-order valence-corrected chi connectivity index (χ0v) is 13.9. The number of methoxy groups -OCH3 is 1. The van der Waals surface area contributed by atoms with E-state index in [1.54, 1.807) is 14.1 Å². The average molecular weight is 367 g/mol. The Morgan fingerprint density at radius 1 is 1.40 bits per heavy atom. The number of esters is 2. The number of anilines is 1. The Kier molecular flexibility index (Phi) is 6.19.